The quantitative estimate of drug-likeness (QED) is 0.141. The molecule has 0 saturated heterocycles. The lowest BCUT2D eigenvalue weighted by molar-refractivity contribution is 0.329. The topological polar surface area (TPSA) is 328 Å². The Morgan fingerprint density at radius 1 is 0.388 bits per heavy atom. The molecule has 0 amide bonds. The molecule has 22 nitrogen and oxygen atoms in total. The van der Waals surface area contributed by atoms with Crippen molar-refractivity contribution in [1.29, 1.82) is 0 Å². The Morgan fingerprint density at radius 3 is 0.816 bits per heavy atom. The first-order valence-electron chi connectivity index (χ1n) is 12.9. The highest BCUT2D eigenvalue weighted by atomic mass is 32.3. The van der Waals surface area contributed by atoms with Gasteiger partial charge in [0, 0.05) is 0 Å². The van der Waals surface area contributed by atoms with E-state index in [9.17, 15) is 67.3 Å². The second kappa shape index (κ2) is 22.4. The van der Waals surface area contributed by atoms with Crippen molar-refractivity contribution in [2.24, 2.45) is 0 Å². The van der Waals surface area contributed by atoms with Crippen LogP contribution in [-0.2, 0) is 105 Å². The van der Waals surface area contributed by atoms with Crippen LogP contribution >= 0.6 is 0 Å². The third-order valence-corrected chi connectivity index (χ3v) is 21.0. The van der Waals surface area contributed by atoms with Crippen LogP contribution in [-0.4, -0.2) is 139 Å². The summed E-state index contributed by atoms with van der Waals surface area (Å²) in [5.74, 6) is 0. The van der Waals surface area contributed by atoms with E-state index in [1.165, 1.54) is 41.5 Å². The molecule has 0 aliphatic heterocycles. The van der Waals surface area contributed by atoms with Gasteiger partial charge in [0.1, 0.15) is 0 Å². The minimum Gasteiger partial charge on any atom is -0.273 e. The van der Waals surface area contributed by atoms with E-state index < -0.39 is 111 Å². The van der Waals surface area contributed by atoms with Gasteiger partial charge in [-0.05, 0) is 48.5 Å². The minimum atomic E-state index is -4.08. The normalized spacial score (nSPS) is 13.5. The largest absolute Gasteiger partial charge is 0.286 e. The summed E-state index contributed by atoms with van der Waals surface area (Å²) in [4.78, 5) is 0. The average molecular weight is 883 g/mol. The van der Waals surface area contributed by atoms with Crippen LogP contribution in [0.5, 0.6) is 0 Å². The van der Waals surface area contributed by atoms with Gasteiger partial charge >= 0.3 is 0 Å². The molecule has 302 valence electrons. The van der Waals surface area contributed by atoms with Crippen LogP contribution in [0.3, 0.4) is 0 Å². The molecule has 0 saturated carbocycles. The molecule has 49 heavy (non-hydrogen) atoms. The van der Waals surface area contributed by atoms with Crippen LogP contribution in [0.15, 0.2) is 0 Å². The monoisotopic (exact) mass is 882 g/mol. The molecule has 0 aromatic heterocycles. The summed E-state index contributed by atoms with van der Waals surface area (Å²) in [5.41, 5.74) is 0. The Morgan fingerprint density at radius 2 is 0.633 bits per heavy atom. The lowest BCUT2D eigenvalue weighted by Gasteiger charge is -2.10. The van der Waals surface area contributed by atoms with E-state index in [-0.39, 0.29) is 13.2 Å². The van der Waals surface area contributed by atoms with Crippen LogP contribution in [0.4, 0.5) is 0 Å². The molecule has 0 unspecified atom stereocenters. The van der Waals surface area contributed by atoms with Gasteiger partial charge in [-0.2, -0.15) is 50.5 Å². The second-order valence-electron chi connectivity index (χ2n) is 9.04. The lowest BCUT2D eigenvalue weighted by atomic mass is 10.6. The van der Waals surface area contributed by atoms with Crippen molar-refractivity contribution < 1.29 is 92.4 Å². The fourth-order valence-electron chi connectivity index (χ4n) is 1.79. The van der Waals surface area contributed by atoms with Gasteiger partial charge in [-0.15, -0.1) is 0 Å². The second-order valence-corrected chi connectivity index (χ2v) is 26.4. The zero-order chi connectivity index (χ0) is 40.5. The van der Waals surface area contributed by atoms with Gasteiger partial charge in [-0.25, -0.2) is 16.8 Å². The number of hydrogen-bond acceptors (Lipinski definition) is 22. The molecule has 0 aromatic carbocycles. The van der Waals surface area contributed by atoms with Crippen LogP contribution in [0, 0.1) is 0 Å². The van der Waals surface area contributed by atoms with E-state index in [0.29, 0.717) is 0 Å². The predicted molar refractivity (Wildman–Crippen MR) is 177 cm³/mol. The summed E-state index contributed by atoms with van der Waals surface area (Å²) in [7, 11) is -27.7. The van der Waals surface area contributed by atoms with Gasteiger partial charge < -0.3 is 0 Å². The van der Waals surface area contributed by atoms with Gasteiger partial charge in [-0.3, -0.25) is 25.1 Å². The fourth-order valence-corrected chi connectivity index (χ4v) is 12.8. The average Bonchev–Trinajstić information content (AvgIpc) is 2.91. The standard InChI is InChI=1S/C7H16O4S2.C5H12O6S2.C4H10O6S2.C3H8O6S2/c1-6(2)12(8,9)5-13(10,11)7(3)4;1-3-10-12(6,7)5-13(8,9)11-4-2;1-4(11(5,6)9-2)12(7,8)10-3;1-8-10(4,5)3-11(6,7)9-2/h6-7H,5H2,1-4H3;3-5H2,1-2H3;4H,1-3H3;3H2,1-2H3. The molecule has 0 rings (SSSR count). The smallest absolute Gasteiger partial charge is 0.273 e. The van der Waals surface area contributed by atoms with Gasteiger partial charge in [0.2, 0.25) is 14.8 Å². The summed E-state index contributed by atoms with van der Waals surface area (Å²) in [5, 5.41) is -4.31. The SMILES string of the molecule is CC(C)S(=O)(=O)CS(=O)(=O)C(C)C.CCOS(=O)(=O)CS(=O)(=O)OCC.COS(=O)(=O)C(C)S(=O)(=O)OC.COS(=O)(=O)CS(=O)(=O)OC. The maximum Gasteiger partial charge on any atom is 0.286 e. The minimum absolute atomic E-state index is 0.0933. The summed E-state index contributed by atoms with van der Waals surface area (Å²) in [6.45, 7) is 9.59. The fraction of sp³-hybridized carbons (Fsp3) is 1.00. The summed E-state index contributed by atoms with van der Waals surface area (Å²) < 4.78 is 196. The highest BCUT2D eigenvalue weighted by Gasteiger charge is 2.34. The Bertz CT molecular complexity index is 1720. The Labute approximate surface area is 291 Å². The Hall–Kier alpha value is -0.640. The maximum atomic E-state index is 11.3. The molecule has 0 aliphatic carbocycles. The molecule has 0 spiro atoms. The van der Waals surface area contributed by atoms with Crippen molar-refractivity contribution in [1.82, 2.24) is 0 Å². The highest BCUT2D eigenvalue weighted by molar-refractivity contribution is 8.08. The van der Waals surface area contributed by atoms with Gasteiger partial charge in [0.25, 0.3) is 60.7 Å². The van der Waals surface area contributed by atoms with Gasteiger partial charge in [-0.1, -0.05) is 0 Å². The molecule has 0 heterocycles. The predicted octanol–water partition coefficient (Wildman–Crippen LogP) is -1.55. The number of hydrogen-bond donors (Lipinski definition) is 0. The van der Waals surface area contributed by atoms with Crippen LogP contribution in [0.1, 0.15) is 48.5 Å². The molecular formula is C19H46O22S8. The van der Waals surface area contributed by atoms with E-state index in [1.807, 2.05) is 0 Å². The number of sulfone groups is 2. The van der Waals surface area contributed by atoms with Crippen molar-refractivity contribution >= 4 is 80.4 Å². The van der Waals surface area contributed by atoms with Crippen molar-refractivity contribution in [2.75, 3.05) is 56.9 Å². The van der Waals surface area contributed by atoms with Crippen molar-refractivity contribution in [3.63, 3.8) is 0 Å². The molecule has 30 heteroatoms. The van der Waals surface area contributed by atoms with Crippen LogP contribution < -0.4 is 0 Å². The van der Waals surface area contributed by atoms with Gasteiger partial charge in [0.05, 0.1) is 52.2 Å². The summed E-state index contributed by atoms with van der Waals surface area (Å²) in [6, 6.07) is 0. The molecule has 0 N–H and O–H groups in total. The molecule has 0 aliphatic rings. The summed E-state index contributed by atoms with van der Waals surface area (Å²) >= 11 is 0. The molecule has 0 fully saturated rings. The van der Waals surface area contributed by atoms with E-state index in [4.69, 9.17) is 0 Å². The molecule has 0 aromatic rings. The van der Waals surface area contributed by atoms with E-state index in [1.54, 1.807) is 0 Å². The third-order valence-electron chi connectivity index (χ3n) is 4.72. The highest BCUT2D eigenvalue weighted by Crippen LogP contribution is 2.11. The zero-order valence-electron chi connectivity index (χ0n) is 28.5. The van der Waals surface area contributed by atoms with E-state index in [2.05, 4.69) is 25.1 Å². The first kappa shape index (κ1) is 55.1. The van der Waals surface area contributed by atoms with E-state index >= 15 is 0 Å². The maximum absolute atomic E-state index is 11.3. The Kier molecular flexibility index (Phi) is 25.2. The van der Waals surface area contributed by atoms with Gasteiger partial charge in [0.15, 0.2) is 24.8 Å². The van der Waals surface area contributed by atoms with Crippen LogP contribution in [0.2, 0.25) is 0 Å². The first-order chi connectivity index (χ1) is 21.5. The third kappa shape index (κ3) is 25.9. The Balaban J connectivity index is -0.000000276. The van der Waals surface area contributed by atoms with E-state index in [0.717, 1.165) is 35.4 Å². The van der Waals surface area contributed by atoms with Crippen molar-refractivity contribution in [3.8, 4) is 0 Å². The molecular weight excluding hydrogens is 837 g/mol. The first-order valence-corrected chi connectivity index (χ1v) is 25.5. The summed E-state index contributed by atoms with van der Waals surface area (Å²) in [6.07, 6.45) is 0. The van der Waals surface area contributed by atoms with Crippen LogP contribution in [0.25, 0.3) is 0 Å². The van der Waals surface area contributed by atoms with Crippen molar-refractivity contribution in [3.05, 3.63) is 0 Å². The van der Waals surface area contributed by atoms with Crippen molar-refractivity contribution in [2.45, 2.75) is 63.5 Å². The zero-order valence-corrected chi connectivity index (χ0v) is 35.0. The molecule has 0 radical (unpaired) electrons. The number of rotatable bonds is 18. The molecule has 0 atom stereocenters. The lowest BCUT2D eigenvalue weighted by Crippen LogP contribution is -2.29. The molecule has 0 bridgehead atoms.